The maximum atomic E-state index is 11.2. The number of carbonyl (C=O) groups excluding carboxylic acids is 1. The zero-order valence-corrected chi connectivity index (χ0v) is 7.88. The number of hydrogen-bond donors (Lipinski definition) is 1. The average Bonchev–Trinajstić information content (AvgIpc) is 2.53. The molecule has 0 aromatic heterocycles. The lowest BCUT2D eigenvalue weighted by Gasteiger charge is -2.09. The van der Waals surface area contributed by atoms with Gasteiger partial charge in [-0.25, -0.2) is 4.79 Å². The van der Waals surface area contributed by atoms with E-state index in [1.807, 2.05) is 0 Å². The lowest BCUT2D eigenvalue weighted by atomic mass is 9.98. The van der Waals surface area contributed by atoms with Crippen molar-refractivity contribution in [3.8, 4) is 0 Å². The van der Waals surface area contributed by atoms with E-state index in [2.05, 4.69) is 17.0 Å². The molecule has 3 nitrogen and oxygen atoms in total. The molecule has 72 valence electrons. The molecule has 0 aliphatic heterocycles. The second-order valence-electron chi connectivity index (χ2n) is 3.35. The summed E-state index contributed by atoms with van der Waals surface area (Å²) in [6, 6.07) is 0.206. The Balaban J connectivity index is 2.69. The van der Waals surface area contributed by atoms with Crippen molar-refractivity contribution < 1.29 is 9.53 Å². The maximum Gasteiger partial charge on any atom is 0.341 e. The van der Waals surface area contributed by atoms with Gasteiger partial charge in [0.05, 0.1) is 12.7 Å². The van der Waals surface area contributed by atoms with E-state index < -0.39 is 0 Å². The Hall–Kier alpha value is -1.05. The average molecular weight is 181 g/mol. The molecule has 2 N–H and O–H groups in total. The van der Waals surface area contributed by atoms with Crippen molar-refractivity contribution >= 4 is 5.97 Å². The first-order valence-corrected chi connectivity index (χ1v) is 4.43. The quantitative estimate of drug-likeness (QED) is 0.393. The lowest BCUT2D eigenvalue weighted by Crippen LogP contribution is -2.17. The van der Waals surface area contributed by atoms with Gasteiger partial charge in [0.15, 0.2) is 0 Å². The third-order valence-electron chi connectivity index (χ3n) is 2.48. The molecule has 0 saturated heterocycles. The zero-order valence-electron chi connectivity index (χ0n) is 7.88. The summed E-state index contributed by atoms with van der Waals surface area (Å²) in [6.07, 6.45) is 2.74. The van der Waals surface area contributed by atoms with E-state index in [4.69, 9.17) is 5.73 Å². The van der Waals surface area contributed by atoms with Crippen LogP contribution in [-0.2, 0) is 9.53 Å². The van der Waals surface area contributed by atoms with Gasteiger partial charge in [0.25, 0.3) is 0 Å². The second-order valence-corrected chi connectivity index (χ2v) is 3.35. The highest BCUT2D eigenvalue weighted by Gasteiger charge is 2.28. The van der Waals surface area contributed by atoms with E-state index >= 15 is 0 Å². The van der Waals surface area contributed by atoms with Gasteiger partial charge in [-0.2, -0.15) is 0 Å². The molecule has 1 fully saturated rings. The SMILES string of the molecule is C=C=C(C(=O)OC)C1CCC(N)C1. The van der Waals surface area contributed by atoms with E-state index in [0.29, 0.717) is 5.57 Å². The molecule has 3 heteroatoms. The van der Waals surface area contributed by atoms with Crippen LogP contribution in [0, 0.1) is 5.92 Å². The molecule has 2 unspecified atom stereocenters. The fourth-order valence-electron chi connectivity index (χ4n) is 1.77. The van der Waals surface area contributed by atoms with Crippen LogP contribution in [0.5, 0.6) is 0 Å². The molecule has 1 aliphatic carbocycles. The highest BCUT2D eigenvalue weighted by Crippen LogP contribution is 2.30. The topological polar surface area (TPSA) is 52.3 Å². The molecule has 0 bridgehead atoms. The van der Waals surface area contributed by atoms with Crippen molar-refractivity contribution in [2.75, 3.05) is 7.11 Å². The second kappa shape index (κ2) is 4.26. The van der Waals surface area contributed by atoms with Gasteiger partial charge in [-0.05, 0) is 25.2 Å². The summed E-state index contributed by atoms with van der Waals surface area (Å²) in [5.74, 6) is -0.131. The molecule has 2 atom stereocenters. The third-order valence-corrected chi connectivity index (χ3v) is 2.48. The van der Waals surface area contributed by atoms with Crippen LogP contribution < -0.4 is 5.73 Å². The van der Waals surface area contributed by atoms with Gasteiger partial charge in [0.1, 0.15) is 0 Å². The van der Waals surface area contributed by atoms with Crippen molar-refractivity contribution in [3.05, 3.63) is 17.9 Å². The summed E-state index contributed by atoms with van der Waals surface area (Å²) < 4.78 is 4.63. The number of rotatable bonds is 2. The number of esters is 1. The Kier molecular flexibility index (Phi) is 3.29. The number of hydrogen-bond acceptors (Lipinski definition) is 3. The lowest BCUT2D eigenvalue weighted by molar-refractivity contribution is -0.136. The molecule has 0 radical (unpaired) electrons. The number of methoxy groups -OCH3 is 1. The molecule has 0 heterocycles. The van der Waals surface area contributed by atoms with E-state index in [-0.39, 0.29) is 17.9 Å². The predicted molar refractivity (Wildman–Crippen MR) is 50.0 cm³/mol. The fraction of sp³-hybridized carbons (Fsp3) is 0.600. The Morgan fingerprint density at radius 3 is 2.69 bits per heavy atom. The van der Waals surface area contributed by atoms with Crippen molar-refractivity contribution in [2.24, 2.45) is 11.7 Å². The van der Waals surface area contributed by atoms with Crippen LogP contribution in [-0.4, -0.2) is 19.1 Å². The molecule has 1 aliphatic rings. The van der Waals surface area contributed by atoms with Crippen LogP contribution in [0.4, 0.5) is 0 Å². The largest absolute Gasteiger partial charge is 0.465 e. The third kappa shape index (κ3) is 2.20. The van der Waals surface area contributed by atoms with Gasteiger partial charge in [-0.15, -0.1) is 5.73 Å². The summed E-state index contributed by atoms with van der Waals surface area (Å²) in [5.41, 5.74) is 8.95. The minimum Gasteiger partial charge on any atom is -0.465 e. The molecule has 0 aromatic rings. The van der Waals surface area contributed by atoms with Crippen molar-refractivity contribution in [2.45, 2.75) is 25.3 Å². The van der Waals surface area contributed by atoms with Crippen LogP contribution in [0.3, 0.4) is 0 Å². The van der Waals surface area contributed by atoms with Crippen molar-refractivity contribution in [1.82, 2.24) is 0 Å². The summed E-state index contributed by atoms with van der Waals surface area (Å²) in [7, 11) is 1.37. The van der Waals surface area contributed by atoms with Gasteiger partial charge in [-0.3, -0.25) is 0 Å². The summed E-state index contributed by atoms with van der Waals surface area (Å²) >= 11 is 0. The first kappa shape index (κ1) is 10.0. The van der Waals surface area contributed by atoms with Gasteiger partial charge in [0, 0.05) is 6.04 Å². The van der Waals surface area contributed by atoms with Gasteiger partial charge in [-0.1, -0.05) is 6.58 Å². The summed E-state index contributed by atoms with van der Waals surface area (Å²) in [4.78, 5) is 11.2. The highest BCUT2D eigenvalue weighted by atomic mass is 16.5. The van der Waals surface area contributed by atoms with Crippen LogP contribution in [0.15, 0.2) is 17.9 Å². The van der Waals surface area contributed by atoms with E-state index in [0.717, 1.165) is 19.3 Å². The van der Waals surface area contributed by atoms with Crippen molar-refractivity contribution in [1.29, 1.82) is 0 Å². The summed E-state index contributed by atoms with van der Waals surface area (Å²) in [6.45, 7) is 3.50. The van der Waals surface area contributed by atoms with E-state index in [9.17, 15) is 4.79 Å². The number of ether oxygens (including phenoxy) is 1. The molecule has 1 rings (SSSR count). The monoisotopic (exact) mass is 181 g/mol. The molecule has 0 aromatic carbocycles. The Morgan fingerprint density at radius 1 is 1.62 bits per heavy atom. The minimum absolute atomic E-state index is 0.194. The molecule has 13 heavy (non-hydrogen) atoms. The van der Waals surface area contributed by atoms with Crippen LogP contribution >= 0.6 is 0 Å². The van der Waals surface area contributed by atoms with Gasteiger partial charge in [0.2, 0.25) is 0 Å². The summed E-state index contributed by atoms with van der Waals surface area (Å²) in [5, 5.41) is 0. The normalized spacial score (nSPS) is 26.6. The molecular formula is C10H15NO2. The Bertz CT molecular complexity index is 254. The first-order chi connectivity index (χ1) is 6.19. The Labute approximate surface area is 78.3 Å². The van der Waals surface area contributed by atoms with Gasteiger partial charge >= 0.3 is 5.97 Å². The molecule has 1 saturated carbocycles. The van der Waals surface area contributed by atoms with Crippen LogP contribution in [0.2, 0.25) is 0 Å². The smallest absolute Gasteiger partial charge is 0.341 e. The Morgan fingerprint density at radius 2 is 2.31 bits per heavy atom. The maximum absolute atomic E-state index is 11.2. The van der Waals surface area contributed by atoms with Crippen LogP contribution in [0.1, 0.15) is 19.3 Å². The van der Waals surface area contributed by atoms with E-state index in [1.165, 1.54) is 7.11 Å². The van der Waals surface area contributed by atoms with Gasteiger partial charge < -0.3 is 10.5 Å². The zero-order chi connectivity index (χ0) is 9.84. The van der Waals surface area contributed by atoms with Crippen molar-refractivity contribution in [3.63, 3.8) is 0 Å². The standard InChI is InChI=1S/C10H15NO2/c1-3-9(10(12)13-2)7-4-5-8(11)6-7/h7-8H,1,4-6,11H2,2H3. The molecule has 0 amide bonds. The van der Waals surface area contributed by atoms with E-state index in [1.54, 1.807) is 0 Å². The van der Waals surface area contributed by atoms with Crippen LogP contribution in [0.25, 0.3) is 0 Å². The highest BCUT2D eigenvalue weighted by molar-refractivity contribution is 5.88. The minimum atomic E-state index is -0.325. The predicted octanol–water partition coefficient (Wildman–Crippen LogP) is 0.998. The molecule has 0 spiro atoms. The first-order valence-electron chi connectivity index (χ1n) is 4.43. The fourth-order valence-corrected chi connectivity index (χ4v) is 1.77. The number of nitrogens with two attached hydrogens (primary N) is 1. The number of carbonyl (C=O) groups is 1. The molecular weight excluding hydrogens is 166 g/mol.